The Morgan fingerprint density at radius 1 is 1.19 bits per heavy atom. The molecule has 6 nitrogen and oxygen atoms in total. The van der Waals surface area contributed by atoms with Gasteiger partial charge in [0.2, 0.25) is 5.88 Å². The molecule has 1 aromatic carbocycles. The van der Waals surface area contributed by atoms with Crippen molar-refractivity contribution >= 4 is 5.96 Å². The summed E-state index contributed by atoms with van der Waals surface area (Å²) in [5, 5.41) is 0. The van der Waals surface area contributed by atoms with E-state index in [2.05, 4.69) is 21.8 Å². The van der Waals surface area contributed by atoms with E-state index in [1.54, 1.807) is 6.20 Å². The number of aromatic nitrogens is 1. The molecule has 6 heteroatoms. The van der Waals surface area contributed by atoms with E-state index in [1.165, 1.54) is 12.8 Å². The van der Waals surface area contributed by atoms with E-state index in [0.29, 0.717) is 36.5 Å². The lowest BCUT2D eigenvalue weighted by Gasteiger charge is -2.31. The van der Waals surface area contributed by atoms with E-state index in [9.17, 15) is 0 Å². The summed E-state index contributed by atoms with van der Waals surface area (Å²) in [5.74, 6) is 3.28. The Morgan fingerprint density at radius 2 is 1.93 bits per heavy atom. The summed E-state index contributed by atoms with van der Waals surface area (Å²) < 4.78 is 11.4. The van der Waals surface area contributed by atoms with Gasteiger partial charge in [-0.05, 0) is 43.4 Å². The first kappa shape index (κ1) is 19.0. The number of hydrogen-bond acceptors (Lipinski definition) is 4. The van der Waals surface area contributed by atoms with Crippen LogP contribution in [0.3, 0.4) is 0 Å². The van der Waals surface area contributed by atoms with Crippen LogP contribution in [-0.2, 0) is 6.54 Å². The van der Waals surface area contributed by atoms with Crippen molar-refractivity contribution in [2.24, 2.45) is 16.6 Å². The fourth-order valence-electron chi connectivity index (χ4n) is 3.00. The van der Waals surface area contributed by atoms with Gasteiger partial charge in [0.1, 0.15) is 0 Å². The number of likely N-dealkylation sites (tertiary alicyclic amines) is 1. The highest BCUT2D eigenvalue weighted by Gasteiger charge is 2.16. The maximum atomic E-state index is 6.14. The second-order valence-electron chi connectivity index (χ2n) is 6.83. The van der Waals surface area contributed by atoms with Crippen molar-refractivity contribution in [3.05, 3.63) is 48.2 Å². The van der Waals surface area contributed by atoms with E-state index >= 15 is 0 Å². The lowest BCUT2D eigenvalue weighted by molar-refractivity contribution is 0.277. The third-order valence-electron chi connectivity index (χ3n) is 4.69. The molecule has 2 heterocycles. The van der Waals surface area contributed by atoms with Crippen LogP contribution >= 0.6 is 0 Å². The molecule has 0 radical (unpaired) electrons. The number of rotatable bonds is 6. The normalized spacial score (nSPS) is 15.6. The lowest BCUT2D eigenvalue weighted by Crippen LogP contribution is -2.42. The van der Waals surface area contributed by atoms with E-state index in [1.807, 2.05) is 43.3 Å². The van der Waals surface area contributed by atoms with Crippen molar-refractivity contribution in [2.45, 2.75) is 33.2 Å². The van der Waals surface area contributed by atoms with Gasteiger partial charge >= 0.3 is 0 Å². The fourth-order valence-corrected chi connectivity index (χ4v) is 3.00. The second kappa shape index (κ2) is 9.26. The number of ether oxygens (including phenoxy) is 2. The number of pyridine rings is 1. The predicted octanol–water partition coefficient (Wildman–Crippen LogP) is 3.82. The molecule has 1 saturated heterocycles. The van der Waals surface area contributed by atoms with E-state index in [-0.39, 0.29) is 0 Å². The Hall–Kier alpha value is -2.76. The van der Waals surface area contributed by atoms with Crippen LogP contribution in [0.2, 0.25) is 0 Å². The van der Waals surface area contributed by atoms with Gasteiger partial charge in [0.05, 0.1) is 13.2 Å². The summed E-state index contributed by atoms with van der Waals surface area (Å²) in [6, 6.07) is 11.4. The van der Waals surface area contributed by atoms with Crippen LogP contribution in [0.15, 0.2) is 47.6 Å². The molecule has 0 unspecified atom stereocenters. The maximum absolute atomic E-state index is 6.14. The van der Waals surface area contributed by atoms with Crippen LogP contribution in [0, 0.1) is 5.92 Å². The number of nitrogens with two attached hydrogens (primary N) is 1. The van der Waals surface area contributed by atoms with Crippen LogP contribution in [0.1, 0.15) is 32.3 Å². The molecule has 27 heavy (non-hydrogen) atoms. The summed E-state index contributed by atoms with van der Waals surface area (Å²) in [7, 11) is 0. The summed E-state index contributed by atoms with van der Waals surface area (Å²) >= 11 is 0. The predicted molar refractivity (Wildman–Crippen MR) is 107 cm³/mol. The quantitative estimate of drug-likeness (QED) is 0.620. The van der Waals surface area contributed by atoms with Gasteiger partial charge < -0.3 is 20.1 Å². The topological polar surface area (TPSA) is 73.0 Å². The van der Waals surface area contributed by atoms with Crippen LogP contribution in [0.4, 0.5) is 0 Å². The van der Waals surface area contributed by atoms with Gasteiger partial charge in [-0.3, -0.25) is 0 Å². The fraction of sp³-hybridized carbons (Fsp3) is 0.429. The standard InChI is InChI=1S/C21H28N4O2/c1-3-26-18-6-4-5-7-19(18)27-20-9-8-17(14-23-20)15-24-21(22)25-12-10-16(2)11-13-25/h4-9,14,16H,3,10-13,15H2,1-2H3,(H2,22,24). The molecule has 0 amide bonds. The Balaban J connectivity index is 1.58. The highest BCUT2D eigenvalue weighted by molar-refractivity contribution is 5.78. The molecule has 0 saturated carbocycles. The highest BCUT2D eigenvalue weighted by Crippen LogP contribution is 2.30. The first-order valence-corrected chi connectivity index (χ1v) is 9.55. The smallest absolute Gasteiger partial charge is 0.219 e. The SMILES string of the molecule is CCOc1ccccc1Oc1ccc(CN=C(N)N2CCC(C)CC2)cn1. The lowest BCUT2D eigenvalue weighted by atomic mass is 10.00. The largest absolute Gasteiger partial charge is 0.490 e. The minimum atomic E-state index is 0.515. The van der Waals surface area contributed by atoms with E-state index in [0.717, 1.165) is 24.6 Å². The molecule has 144 valence electrons. The van der Waals surface area contributed by atoms with E-state index < -0.39 is 0 Å². The zero-order chi connectivity index (χ0) is 19.1. The van der Waals surface area contributed by atoms with Crippen LogP contribution < -0.4 is 15.2 Å². The molecule has 1 aliphatic rings. The number of piperidine rings is 1. The first-order valence-electron chi connectivity index (χ1n) is 9.55. The molecule has 2 N–H and O–H groups in total. The van der Waals surface area contributed by atoms with Gasteiger partial charge in [0.25, 0.3) is 0 Å². The summed E-state index contributed by atoms with van der Waals surface area (Å²) in [6.45, 7) is 7.30. The average molecular weight is 368 g/mol. The van der Waals surface area contributed by atoms with Gasteiger partial charge in [-0.15, -0.1) is 0 Å². The molecule has 0 atom stereocenters. The van der Waals surface area contributed by atoms with Gasteiger partial charge in [0, 0.05) is 25.4 Å². The monoisotopic (exact) mass is 368 g/mol. The van der Waals surface area contributed by atoms with Crippen LogP contribution in [-0.4, -0.2) is 35.5 Å². The minimum Gasteiger partial charge on any atom is -0.490 e. The molecule has 0 bridgehead atoms. The number of nitrogens with zero attached hydrogens (tertiary/aromatic N) is 3. The molecule has 2 aromatic rings. The number of aliphatic imine (C=N–C) groups is 1. The number of para-hydroxylation sites is 2. The second-order valence-corrected chi connectivity index (χ2v) is 6.83. The Labute approximate surface area is 161 Å². The Kier molecular flexibility index (Phi) is 6.52. The molecule has 1 fully saturated rings. The third kappa shape index (κ3) is 5.36. The zero-order valence-corrected chi connectivity index (χ0v) is 16.1. The van der Waals surface area contributed by atoms with Crippen molar-refractivity contribution in [1.82, 2.24) is 9.88 Å². The molecule has 1 aromatic heterocycles. The van der Waals surface area contributed by atoms with Crippen molar-refractivity contribution in [2.75, 3.05) is 19.7 Å². The first-order chi connectivity index (χ1) is 13.2. The van der Waals surface area contributed by atoms with Gasteiger partial charge in [-0.25, -0.2) is 9.98 Å². The zero-order valence-electron chi connectivity index (χ0n) is 16.1. The molecule has 0 aliphatic carbocycles. The molecular weight excluding hydrogens is 340 g/mol. The molecular formula is C21H28N4O2. The van der Waals surface area contributed by atoms with E-state index in [4.69, 9.17) is 15.2 Å². The maximum Gasteiger partial charge on any atom is 0.219 e. The summed E-state index contributed by atoms with van der Waals surface area (Å²) in [5.41, 5.74) is 7.13. The summed E-state index contributed by atoms with van der Waals surface area (Å²) in [6.07, 6.45) is 4.12. The Morgan fingerprint density at radius 3 is 2.59 bits per heavy atom. The van der Waals surface area contributed by atoms with Gasteiger partial charge in [-0.2, -0.15) is 0 Å². The van der Waals surface area contributed by atoms with Gasteiger partial charge in [-0.1, -0.05) is 25.1 Å². The molecule has 0 spiro atoms. The molecule has 1 aliphatic heterocycles. The highest BCUT2D eigenvalue weighted by atomic mass is 16.5. The number of benzene rings is 1. The average Bonchev–Trinajstić information content (AvgIpc) is 2.69. The summed E-state index contributed by atoms with van der Waals surface area (Å²) in [4.78, 5) is 11.1. The number of guanidine groups is 1. The van der Waals surface area contributed by atoms with Crippen molar-refractivity contribution < 1.29 is 9.47 Å². The Bertz CT molecular complexity index is 753. The van der Waals surface area contributed by atoms with Crippen LogP contribution in [0.5, 0.6) is 17.4 Å². The van der Waals surface area contributed by atoms with Gasteiger partial charge in [0.15, 0.2) is 17.5 Å². The van der Waals surface area contributed by atoms with Crippen LogP contribution in [0.25, 0.3) is 0 Å². The van der Waals surface area contributed by atoms with Crippen molar-refractivity contribution in [3.63, 3.8) is 0 Å². The van der Waals surface area contributed by atoms with Crippen molar-refractivity contribution in [3.8, 4) is 17.4 Å². The number of hydrogen-bond donors (Lipinski definition) is 1. The molecule has 3 rings (SSSR count). The third-order valence-corrected chi connectivity index (χ3v) is 4.69. The minimum absolute atomic E-state index is 0.515. The van der Waals surface area contributed by atoms with Crippen molar-refractivity contribution in [1.29, 1.82) is 0 Å².